The quantitative estimate of drug-likeness (QED) is 0.165. The minimum Gasteiger partial charge on any atom is -0.443 e. The van der Waals surface area contributed by atoms with E-state index in [0.717, 1.165) is 18.2 Å². The van der Waals surface area contributed by atoms with Crippen LogP contribution in [-0.4, -0.2) is 28.4 Å². The maximum atomic E-state index is 11.8. The molecule has 162 valence electrons. The molecule has 0 saturated heterocycles. The van der Waals surface area contributed by atoms with Crippen molar-refractivity contribution in [1.29, 1.82) is 0 Å². The van der Waals surface area contributed by atoms with E-state index in [9.17, 15) is 9.90 Å². The molecule has 0 bridgehead atoms. The average Bonchev–Trinajstić information content (AvgIpc) is 2.61. The highest BCUT2D eigenvalue weighted by Gasteiger charge is 2.33. The van der Waals surface area contributed by atoms with Gasteiger partial charge >= 0.3 is 6.09 Å². The van der Waals surface area contributed by atoms with Gasteiger partial charge in [-0.1, -0.05) is 35.9 Å². The van der Waals surface area contributed by atoms with Gasteiger partial charge in [-0.2, -0.15) is 0 Å². The van der Waals surface area contributed by atoms with Gasteiger partial charge in [0, 0.05) is 5.33 Å². The summed E-state index contributed by atoms with van der Waals surface area (Å²) in [5.74, 6) is 1.58. The van der Waals surface area contributed by atoms with Gasteiger partial charge in [-0.05, 0) is 95.5 Å². The Balaban J connectivity index is 2.44. The van der Waals surface area contributed by atoms with Crippen LogP contribution in [0.5, 0.6) is 0 Å². The van der Waals surface area contributed by atoms with Crippen LogP contribution in [0, 0.1) is 17.8 Å². The predicted molar refractivity (Wildman–Crippen MR) is 120 cm³/mol. The van der Waals surface area contributed by atoms with Gasteiger partial charge in [-0.15, -0.1) is 5.73 Å². The second kappa shape index (κ2) is 12.7. The number of aliphatic hydroxyl groups is 1. The third kappa shape index (κ3) is 9.15. The van der Waals surface area contributed by atoms with E-state index in [1.165, 1.54) is 57.4 Å². The predicted octanol–water partition coefficient (Wildman–Crippen LogP) is 6.33. The summed E-state index contributed by atoms with van der Waals surface area (Å²) >= 11 is 3.50. The molecular weight excluding hydrogens is 418 g/mol. The van der Waals surface area contributed by atoms with E-state index < -0.39 is 17.9 Å². The van der Waals surface area contributed by atoms with Crippen molar-refractivity contribution in [2.75, 3.05) is 5.33 Å². The van der Waals surface area contributed by atoms with Crippen molar-refractivity contribution >= 4 is 22.0 Å². The highest BCUT2D eigenvalue weighted by molar-refractivity contribution is 9.09. The molecule has 1 aliphatic carbocycles. The van der Waals surface area contributed by atoms with E-state index >= 15 is 0 Å². The monoisotopic (exact) mass is 457 g/mol. The summed E-state index contributed by atoms with van der Waals surface area (Å²) in [7, 11) is 0. The van der Waals surface area contributed by atoms with Crippen LogP contribution in [0.4, 0.5) is 4.79 Å². The van der Waals surface area contributed by atoms with Gasteiger partial charge in [0.1, 0.15) is 11.8 Å². The molecule has 0 aromatic carbocycles. The van der Waals surface area contributed by atoms with Crippen molar-refractivity contribution in [1.82, 2.24) is 5.32 Å². The first-order chi connectivity index (χ1) is 13.2. The molecule has 0 radical (unpaired) electrons. The fourth-order valence-electron chi connectivity index (χ4n) is 4.09. The number of amides is 1. The molecule has 2 N–H and O–H groups in total. The minimum absolute atomic E-state index is 0.257. The van der Waals surface area contributed by atoms with Gasteiger partial charge in [-0.25, -0.2) is 4.79 Å². The lowest BCUT2D eigenvalue weighted by Crippen LogP contribution is -2.42. The molecule has 28 heavy (non-hydrogen) atoms. The van der Waals surface area contributed by atoms with E-state index in [0.29, 0.717) is 11.8 Å². The minimum atomic E-state index is -0.902. The van der Waals surface area contributed by atoms with E-state index in [1.54, 1.807) is 0 Å². The first-order valence-electron chi connectivity index (χ1n) is 10.8. The molecule has 4 nitrogen and oxygen atoms in total. The Kier molecular flexibility index (Phi) is 11.5. The molecule has 0 aromatic rings. The number of alkyl carbamates (subject to hydrolysis) is 1. The summed E-state index contributed by atoms with van der Waals surface area (Å²) in [5.41, 5.74) is 4.11. The SMILES string of the molecule is C=C=C(CCCCCBr)C1CCC(CC(C)C(C)(C)OC(=O)NC(C)O)CC1. The number of allylic oxidation sites excluding steroid dienone is 1. The van der Waals surface area contributed by atoms with E-state index in [-0.39, 0.29) is 5.92 Å². The number of halogens is 1. The van der Waals surface area contributed by atoms with Gasteiger partial charge in [0.05, 0.1) is 0 Å². The zero-order chi connectivity index (χ0) is 21.2. The lowest BCUT2D eigenvalue weighted by atomic mass is 9.73. The molecule has 0 heterocycles. The number of unbranched alkanes of at least 4 members (excludes halogenated alkanes) is 2. The molecule has 0 aromatic heterocycles. The molecular formula is C23H40BrNO3. The molecule has 0 spiro atoms. The Morgan fingerprint density at radius 2 is 1.89 bits per heavy atom. The summed E-state index contributed by atoms with van der Waals surface area (Å²) in [6.07, 6.45) is 9.35. The molecule has 1 rings (SSSR count). The van der Waals surface area contributed by atoms with E-state index in [1.807, 2.05) is 13.8 Å². The van der Waals surface area contributed by atoms with Crippen LogP contribution in [0.25, 0.3) is 0 Å². The average molecular weight is 458 g/mol. The highest BCUT2D eigenvalue weighted by atomic mass is 79.9. The molecule has 2 atom stereocenters. The first-order valence-corrected chi connectivity index (χ1v) is 11.9. The zero-order valence-corrected chi connectivity index (χ0v) is 19.8. The molecule has 0 aliphatic heterocycles. The largest absolute Gasteiger partial charge is 0.443 e. The number of carbonyl (C=O) groups excluding carboxylic acids is 1. The Morgan fingerprint density at radius 1 is 1.25 bits per heavy atom. The normalized spacial score (nSPS) is 22.1. The van der Waals surface area contributed by atoms with Gasteiger partial charge in [0.15, 0.2) is 0 Å². The van der Waals surface area contributed by atoms with Crippen LogP contribution < -0.4 is 5.32 Å². The number of aliphatic hydroxyl groups excluding tert-OH is 1. The maximum absolute atomic E-state index is 11.8. The van der Waals surface area contributed by atoms with Crippen molar-refractivity contribution in [3.63, 3.8) is 0 Å². The van der Waals surface area contributed by atoms with Crippen LogP contribution in [0.15, 0.2) is 17.9 Å². The zero-order valence-electron chi connectivity index (χ0n) is 18.2. The third-order valence-corrected chi connectivity index (χ3v) is 6.76. The van der Waals surface area contributed by atoms with Crippen molar-refractivity contribution in [3.8, 4) is 0 Å². The Morgan fingerprint density at radius 3 is 2.43 bits per heavy atom. The summed E-state index contributed by atoms with van der Waals surface area (Å²) in [6, 6.07) is 0. The molecule has 1 aliphatic rings. The Hall–Kier alpha value is -0.770. The third-order valence-electron chi connectivity index (χ3n) is 6.20. The van der Waals surface area contributed by atoms with E-state index in [2.05, 4.69) is 40.5 Å². The van der Waals surface area contributed by atoms with Crippen molar-refractivity contribution < 1.29 is 14.6 Å². The van der Waals surface area contributed by atoms with Gasteiger partial charge in [0.25, 0.3) is 0 Å². The number of rotatable bonds is 11. The first kappa shape index (κ1) is 25.3. The molecule has 1 saturated carbocycles. The summed E-state index contributed by atoms with van der Waals surface area (Å²) in [4.78, 5) is 11.8. The smallest absolute Gasteiger partial charge is 0.409 e. The lowest BCUT2D eigenvalue weighted by Gasteiger charge is -2.36. The summed E-state index contributed by atoms with van der Waals surface area (Å²) < 4.78 is 5.56. The standard InChI is InChI=1S/C23H40BrNO3/c1-6-20(10-8-7-9-15-24)21-13-11-19(12-14-21)16-17(2)23(4,5)28-22(27)25-18(3)26/h17-19,21,26H,1,7-16H2,2-5H3,(H,25,27). The van der Waals surface area contributed by atoms with Crippen molar-refractivity contribution in [3.05, 3.63) is 17.9 Å². The molecule has 1 fully saturated rings. The fourth-order valence-corrected chi connectivity index (χ4v) is 4.49. The fraction of sp³-hybridized carbons (Fsp3) is 0.826. The van der Waals surface area contributed by atoms with Gasteiger partial charge in [0.2, 0.25) is 0 Å². The highest BCUT2D eigenvalue weighted by Crippen LogP contribution is 2.39. The van der Waals surface area contributed by atoms with Gasteiger partial charge in [-0.3, -0.25) is 5.32 Å². The van der Waals surface area contributed by atoms with Crippen molar-refractivity contribution in [2.24, 2.45) is 17.8 Å². The number of alkyl halides is 1. The molecule has 2 unspecified atom stereocenters. The number of hydrogen-bond donors (Lipinski definition) is 2. The van der Waals surface area contributed by atoms with Gasteiger partial charge < -0.3 is 9.84 Å². The number of nitrogens with one attached hydrogen (secondary N) is 1. The van der Waals surface area contributed by atoms with Crippen LogP contribution in [-0.2, 0) is 4.74 Å². The lowest BCUT2D eigenvalue weighted by molar-refractivity contribution is -0.0167. The Bertz CT molecular complexity index is 518. The molecule has 5 heteroatoms. The van der Waals surface area contributed by atoms with Crippen LogP contribution in [0.2, 0.25) is 0 Å². The summed E-state index contributed by atoms with van der Waals surface area (Å²) in [5, 5.41) is 12.7. The number of hydrogen-bond acceptors (Lipinski definition) is 3. The van der Waals surface area contributed by atoms with Crippen LogP contribution in [0.1, 0.15) is 85.5 Å². The van der Waals surface area contributed by atoms with E-state index in [4.69, 9.17) is 4.74 Å². The van der Waals surface area contributed by atoms with Crippen LogP contribution >= 0.6 is 15.9 Å². The maximum Gasteiger partial charge on any atom is 0.409 e. The number of ether oxygens (including phenoxy) is 1. The summed E-state index contributed by atoms with van der Waals surface area (Å²) in [6.45, 7) is 11.5. The van der Waals surface area contributed by atoms with Crippen molar-refractivity contribution in [2.45, 2.75) is 97.3 Å². The Labute approximate surface area is 180 Å². The second-order valence-corrected chi connectivity index (χ2v) is 9.66. The van der Waals surface area contributed by atoms with Crippen LogP contribution in [0.3, 0.4) is 0 Å². The number of carbonyl (C=O) groups is 1. The topological polar surface area (TPSA) is 58.6 Å². The molecule has 1 amide bonds. The second-order valence-electron chi connectivity index (χ2n) is 8.87.